The second-order valence-electron chi connectivity index (χ2n) is 5.88. The average molecular weight is 362 g/mol. The number of nitrogens with zero attached hydrogens (tertiary/aromatic N) is 1. The van der Waals surface area contributed by atoms with E-state index in [9.17, 15) is 9.90 Å². The van der Waals surface area contributed by atoms with Gasteiger partial charge in [0.25, 0.3) is 0 Å². The van der Waals surface area contributed by atoms with E-state index in [0.717, 1.165) is 13.0 Å². The minimum Gasteiger partial charge on any atom is -0.488 e. The lowest BCUT2D eigenvalue weighted by Crippen LogP contribution is -2.38. The summed E-state index contributed by atoms with van der Waals surface area (Å²) in [4.78, 5) is 13.2. The van der Waals surface area contributed by atoms with Gasteiger partial charge >= 0.3 is 5.97 Å². The molecule has 2 aromatic carbocycles. The van der Waals surface area contributed by atoms with Gasteiger partial charge in [-0.05, 0) is 55.8 Å². The van der Waals surface area contributed by atoms with Crippen LogP contribution >= 0.6 is 11.6 Å². The van der Waals surface area contributed by atoms with E-state index in [4.69, 9.17) is 21.1 Å². The van der Waals surface area contributed by atoms with Crippen molar-refractivity contribution in [3.63, 3.8) is 0 Å². The van der Waals surface area contributed by atoms with Crippen molar-refractivity contribution in [2.24, 2.45) is 0 Å². The first-order chi connectivity index (χ1) is 12.1. The Kier molecular flexibility index (Phi) is 5.79. The molecule has 0 saturated carbocycles. The van der Waals surface area contributed by atoms with Crippen molar-refractivity contribution in [3.05, 3.63) is 53.6 Å². The van der Waals surface area contributed by atoms with Gasteiger partial charge < -0.3 is 14.6 Å². The number of likely N-dealkylation sites (tertiary alicyclic amines) is 1. The summed E-state index contributed by atoms with van der Waals surface area (Å²) in [7, 11) is 0. The van der Waals surface area contributed by atoms with Crippen LogP contribution in [0.15, 0.2) is 48.5 Å². The first-order valence-corrected chi connectivity index (χ1v) is 8.63. The van der Waals surface area contributed by atoms with Crippen molar-refractivity contribution in [2.75, 3.05) is 19.7 Å². The van der Waals surface area contributed by atoms with E-state index in [1.165, 1.54) is 0 Å². The highest BCUT2D eigenvalue weighted by atomic mass is 35.5. The number of carboxylic acids is 1. The number of hydrogen-bond acceptors (Lipinski definition) is 4. The highest BCUT2D eigenvalue weighted by Gasteiger charge is 2.29. The Morgan fingerprint density at radius 1 is 1.16 bits per heavy atom. The summed E-state index contributed by atoms with van der Waals surface area (Å²) in [5.41, 5.74) is 0. The Morgan fingerprint density at radius 3 is 2.60 bits per heavy atom. The molecule has 0 bridgehead atoms. The van der Waals surface area contributed by atoms with Crippen molar-refractivity contribution in [3.8, 4) is 17.2 Å². The number of rotatable bonds is 7. The van der Waals surface area contributed by atoms with Crippen LogP contribution in [-0.4, -0.2) is 41.7 Å². The fourth-order valence-corrected chi connectivity index (χ4v) is 3.06. The van der Waals surface area contributed by atoms with Crippen molar-refractivity contribution in [2.45, 2.75) is 18.9 Å². The number of ether oxygens (including phenoxy) is 2. The first-order valence-electron chi connectivity index (χ1n) is 8.25. The molecule has 0 spiro atoms. The number of aliphatic carboxylic acids is 1. The van der Waals surface area contributed by atoms with Gasteiger partial charge in [0.05, 0.1) is 0 Å². The third kappa shape index (κ3) is 4.65. The molecule has 1 N–H and O–H groups in total. The van der Waals surface area contributed by atoms with E-state index in [2.05, 4.69) is 0 Å². The van der Waals surface area contributed by atoms with E-state index in [1.807, 2.05) is 29.2 Å². The van der Waals surface area contributed by atoms with Gasteiger partial charge in [-0.2, -0.15) is 0 Å². The molecular weight excluding hydrogens is 342 g/mol. The molecule has 5 nitrogen and oxygen atoms in total. The lowest BCUT2D eigenvalue weighted by molar-refractivity contribution is -0.142. The summed E-state index contributed by atoms with van der Waals surface area (Å²) in [6, 6.07) is 14.1. The average Bonchev–Trinajstić information content (AvgIpc) is 3.07. The molecule has 0 aromatic heterocycles. The summed E-state index contributed by atoms with van der Waals surface area (Å²) in [5, 5.41) is 9.86. The van der Waals surface area contributed by atoms with Crippen LogP contribution in [0.1, 0.15) is 12.8 Å². The minimum absolute atomic E-state index is 0.399. The maximum absolute atomic E-state index is 11.2. The maximum atomic E-state index is 11.2. The molecule has 0 unspecified atom stereocenters. The van der Waals surface area contributed by atoms with E-state index in [0.29, 0.717) is 41.8 Å². The SMILES string of the molecule is O=C(O)[C@@H]1CCCN1CCOc1ccccc1Oc1ccc(Cl)cc1. The molecule has 1 heterocycles. The van der Waals surface area contributed by atoms with Gasteiger partial charge in [0.2, 0.25) is 0 Å². The Hall–Kier alpha value is -2.24. The van der Waals surface area contributed by atoms with E-state index in [-0.39, 0.29) is 0 Å². The fourth-order valence-electron chi connectivity index (χ4n) is 2.93. The molecule has 0 radical (unpaired) electrons. The van der Waals surface area contributed by atoms with Crippen LogP contribution < -0.4 is 9.47 Å². The zero-order chi connectivity index (χ0) is 17.6. The van der Waals surface area contributed by atoms with Crippen LogP contribution in [0, 0.1) is 0 Å². The summed E-state index contributed by atoms with van der Waals surface area (Å²) in [5.74, 6) is 1.15. The van der Waals surface area contributed by atoms with Crippen LogP contribution in [-0.2, 0) is 4.79 Å². The summed E-state index contributed by atoms with van der Waals surface area (Å²) in [6.45, 7) is 1.78. The van der Waals surface area contributed by atoms with Gasteiger partial charge in [-0.15, -0.1) is 0 Å². The monoisotopic (exact) mass is 361 g/mol. The largest absolute Gasteiger partial charge is 0.488 e. The van der Waals surface area contributed by atoms with Crippen molar-refractivity contribution in [1.82, 2.24) is 4.90 Å². The molecule has 1 atom stereocenters. The third-order valence-electron chi connectivity index (χ3n) is 4.18. The van der Waals surface area contributed by atoms with Gasteiger partial charge in [0.15, 0.2) is 11.5 Å². The summed E-state index contributed by atoms with van der Waals surface area (Å²) < 4.78 is 11.7. The zero-order valence-electron chi connectivity index (χ0n) is 13.7. The van der Waals surface area contributed by atoms with Crippen LogP contribution in [0.3, 0.4) is 0 Å². The van der Waals surface area contributed by atoms with Crippen LogP contribution in [0.25, 0.3) is 0 Å². The summed E-state index contributed by atoms with van der Waals surface area (Å²) in [6.07, 6.45) is 1.61. The quantitative estimate of drug-likeness (QED) is 0.805. The number of benzene rings is 2. The maximum Gasteiger partial charge on any atom is 0.320 e. The van der Waals surface area contributed by atoms with Crippen molar-refractivity contribution >= 4 is 17.6 Å². The minimum atomic E-state index is -0.760. The first kappa shape index (κ1) is 17.6. The molecule has 1 saturated heterocycles. The third-order valence-corrected chi connectivity index (χ3v) is 4.43. The predicted octanol–water partition coefficient (Wildman–Crippen LogP) is 4.06. The Labute approximate surface area is 151 Å². The normalized spacial score (nSPS) is 17.4. The fraction of sp³-hybridized carbons (Fsp3) is 0.316. The number of hydrogen-bond donors (Lipinski definition) is 1. The lowest BCUT2D eigenvalue weighted by atomic mass is 10.2. The summed E-state index contributed by atoms with van der Waals surface area (Å²) >= 11 is 5.88. The highest BCUT2D eigenvalue weighted by molar-refractivity contribution is 6.30. The highest BCUT2D eigenvalue weighted by Crippen LogP contribution is 2.31. The number of carbonyl (C=O) groups is 1. The molecule has 0 aliphatic carbocycles. The second kappa shape index (κ2) is 8.23. The molecule has 3 rings (SSSR count). The standard InChI is InChI=1S/C19H20ClNO4/c20-14-7-9-15(10-8-14)25-18-6-2-1-5-17(18)24-13-12-21-11-3-4-16(21)19(22)23/h1-2,5-10,16H,3-4,11-13H2,(H,22,23)/t16-/m0/s1. The Morgan fingerprint density at radius 2 is 1.88 bits per heavy atom. The molecule has 132 valence electrons. The van der Waals surface area contributed by atoms with Gasteiger partial charge in [-0.25, -0.2) is 0 Å². The van der Waals surface area contributed by atoms with Gasteiger partial charge in [-0.3, -0.25) is 9.69 Å². The Bertz CT molecular complexity index is 720. The zero-order valence-corrected chi connectivity index (χ0v) is 14.5. The van der Waals surface area contributed by atoms with Gasteiger partial charge in [0, 0.05) is 11.6 Å². The molecular formula is C19H20ClNO4. The molecule has 25 heavy (non-hydrogen) atoms. The van der Waals surface area contributed by atoms with Gasteiger partial charge in [-0.1, -0.05) is 23.7 Å². The van der Waals surface area contributed by atoms with E-state index >= 15 is 0 Å². The number of para-hydroxylation sites is 2. The number of halogens is 1. The van der Waals surface area contributed by atoms with Crippen LogP contribution in [0.5, 0.6) is 17.2 Å². The number of carboxylic acid groups (broad SMARTS) is 1. The van der Waals surface area contributed by atoms with E-state index in [1.54, 1.807) is 24.3 Å². The predicted molar refractivity (Wildman–Crippen MR) is 95.7 cm³/mol. The smallest absolute Gasteiger partial charge is 0.320 e. The Balaban J connectivity index is 1.59. The molecule has 2 aromatic rings. The van der Waals surface area contributed by atoms with Crippen LogP contribution in [0.2, 0.25) is 5.02 Å². The van der Waals surface area contributed by atoms with Crippen molar-refractivity contribution in [1.29, 1.82) is 0 Å². The molecule has 6 heteroatoms. The van der Waals surface area contributed by atoms with Gasteiger partial charge in [0.1, 0.15) is 18.4 Å². The van der Waals surface area contributed by atoms with Crippen LogP contribution in [0.4, 0.5) is 0 Å². The molecule has 1 aliphatic rings. The topological polar surface area (TPSA) is 59.0 Å². The molecule has 1 fully saturated rings. The second-order valence-corrected chi connectivity index (χ2v) is 6.32. The molecule has 0 amide bonds. The van der Waals surface area contributed by atoms with E-state index < -0.39 is 12.0 Å². The lowest BCUT2D eigenvalue weighted by Gasteiger charge is -2.21. The van der Waals surface area contributed by atoms with Crippen molar-refractivity contribution < 1.29 is 19.4 Å². The molecule has 1 aliphatic heterocycles.